The molecule has 0 unspecified atom stereocenters. The molecular weight excluding hydrogens is 338 g/mol. The third-order valence-electron chi connectivity index (χ3n) is 4.10. The van der Waals surface area contributed by atoms with E-state index in [1.807, 2.05) is 24.4 Å². The maximum atomic E-state index is 6.12. The van der Waals surface area contributed by atoms with Crippen molar-refractivity contribution in [3.05, 3.63) is 49.1 Å². The second kappa shape index (κ2) is 8.09. The van der Waals surface area contributed by atoms with Crippen molar-refractivity contribution in [2.24, 2.45) is 0 Å². The zero-order valence-electron chi connectivity index (χ0n) is 13.7. The minimum Gasteiger partial charge on any atom is -0.490 e. The van der Waals surface area contributed by atoms with Gasteiger partial charge in [0.15, 0.2) is 0 Å². The Bertz CT molecular complexity index is 824. The summed E-state index contributed by atoms with van der Waals surface area (Å²) in [5.41, 5.74) is 0. The Kier molecular flexibility index (Phi) is 5.63. The number of halogens is 1. The van der Waals surface area contributed by atoms with Gasteiger partial charge in [0.2, 0.25) is 0 Å². The first kappa shape index (κ1) is 17.4. The Balaban J connectivity index is 0.00000182. The number of fused-ring (bicyclic) bond motifs is 1. The Morgan fingerprint density at radius 1 is 0.960 bits per heavy atom. The smallest absolute Gasteiger partial charge is 0.150 e. The average Bonchev–Trinajstić information content (AvgIpc) is 2.63. The summed E-state index contributed by atoms with van der Waals surface area (Å²) in [7, 11) is 0. The van der Waals surface area contributed by atoms with E-state index in [1.54, 1.807) is 18.6 Å². The molecule has 1 aliphatic heterocycles. The van der Waals surface area contributed by atoms with Crippen LogP contribution in [0.5, 0.6) is 5.75 Å². The first-order valence-corrected chi connectivity index (χ1v) is 8.17. The van der Waals surface area contributed by atoms with Gasteiger partial charge in [-0.05, 0) is 55.6 Å². The van der Waals surface area contributed by atoms with E-state index in [9.17, 15) is 0 Å². The molecule has 2 N–H and O–H groups in total. The fourth-order valence-corrected chi connectivity index (χ4v) is 2.86. The van der Waals surface area contributed by atoms with E-state index in [0.29, 0.717) is 11.9 Å². The second-order valence-corrected chi connectivity index (χ2v) is 5.86. The van der Waals surface area contributed by atoms with Crippen molar-refractivity contribution in [1.29, 1.82) is 0 Å². The Labute approximate surface area is 152 Å². The summed E-state index contributed by atoms with van der Waals surface area (Å²) in [6.07, 6.45) is 9.20. The molecule has 1 fully saturated rings. The summed E-state index contributed by atoms with van der Waals surface area (Å²) in [6, 6.07) is 8.13. The lowest BCUT2D eigenvalue weighted by Crippen LogP contribution is -2.34. The Hall–Kier alpha value is -2.44. The molecule has 1 aromatic carbocycles. The van der Waals surface area contributed by atoms with Gasteiger partial charge >= 0.3 is 0 Å². The van der Waals surface area contributed by atoms with Crippen molar-refractivity contribution in [3.63, 3.8) is 0 Å². The van der Waals surface area contributed by atoms with Crippen molar-refractivity contribution >= 4 is 34.8 Å². The number of anilines is 2. The molecule has 2 aromatic heterocycles. The van der Waals surface area contributed by atoms with Crippen LogP contribution in [0.4, 0.5) is 11.6 Å². The van der Waals surface area contributed by atoms with Crippen LogP contribution in [-0.4, -0.2) is 34.1 Å². The highest BCUT2D eigenvalue weighted by atomic mass is 35.5. The van der Waals surface area contributed by atoms with E-state index in [-0.39, 0.29) is 12.4 Å². The number of rotatable bonds is 4. The monoisotopic (exact) mass is 357 g/mol. The third-order valence-corrected chi connectivity index (χ3v) is 4.10. The molecule has 0 bridgehead atoms. The number of nitrogens with zero attached hydrogens (tertiary/aromatic N) is 3. The minimum atomic E-state index is 0. The van der Waals surface area contributed by atoms with Gasteiger partial charge in [-0.3, -0.25) is 4.98 Å². The molecule has 0 atom stereocenters. The molecule has 7 heteroatoms. The van der Waals surface area contributed by atoms with Crippen molar-refractivity contribution < 1.29 is 4.74 Å². The van der Waals surface area contributed by atoms with Gasteiger partial charge in [-0.25, -0.2) is 9.97 Å². The summed E-state index contributed by atoms with van der Waals surface area (Å²) >= 11 is 0. The quantitative estimate of drug-likeness (QED) is 0.746. The predicted molar refractivity (Wildman–Crippen MR) is 101 cm³/mol. The molecule has 4 rings (SSSR count). The highest BCUT2D eigenvalue weighted by molar-refractivity contribution is 5.86. The number of nitrogens with one attached hydrogen (secondary N) is 2. The number of aromatic nitrogens is 3. The molecule has 0 radical (unpaired) electrons. The van der Waals surface area contributed by atoms with E-state index in [0.717, 1.165) is 48.3 Å². The van der Waals surface area contributed by atoms with Crippen LogP contribution >= 0.6 is 12.4 Å². The van der Waals surface area contributed by atoms with Gasteiger partial charge in [0.25, 0.3) is 0 Å². The molecule has 0 spiro atoms. The molecule has 130 valence electrons. The summed E-state index contributed by atoms with van der Waals surface area (Å²) in [5, 5.41) is 8.68. The molecule has 0 amide bonds. The van der Waals surface area contributed by atoms with Gasteiger partial charge in [0.1, 0.15) is 23.5 Å². The van der Waals surface area contributed by atoms with E-state index in [1.165, 1.54) is 0 Å². The molecule has 3 heterocycles. The number of ether oxygens (including phenoxy) is 1. The van der Waals surface area contributed by atoms with Crippen LogP contribution in [0.3, 0.4) is 0 Å². The van der Waals surface area contributed by atoms with Crippen LogP contribution in [0.25, 0.3) is 10.8 Å². The maximum Gasteiger partial charge on any atom is 0.150 e. The van der Waals surface area contributed by atoms with Crippen LogP contribution in [0.1, 0.15) is 12.8 Å². The van der Waals surface area contributed by atoms with E-state index >= 15 is 0 Å². The number of benzene rings is 1. The van der Waals surface area contributed by atoms with Crippen molar-refractivity contribution in [3.8, 4) is 5.75 Å². The third kappa shape index (κ3) is 4.35. The highest BCUT2D eigenvalue weighted by Crippen LogP contribution is 2.25. The Morgan fingerprint density at radius 2 is 1.84 bits per heavy atom. The van der Waals surface area contributed by atoms with Crippen LogP contribution in [-0.2, 0) is 0 Å². The molecule has 1 aliphatic rings. The lowest BCUT2D eigenvalue weighted by Gasteiger charge is -2.24. The molecule has 0 saturated carbocycles. The van der Waals surface area contributed by atoms with Gasteiger partial charge < -0.3 is 15.4 Å². The zero-order valence-corrected chi connectivity index (χ0v) is 14.5. The lowest BCUT2D eigenvalue weighted by molar-refractivity contribution is 0.162. The average molecular weight is 358 g/mol. The maximum absolute atomic E-state index is 6.12. The summed E-state index contributed by atoms with van der Waals surface area (Å²) in [4.78, 5) is 12.7. The molecule has 6 nitrogen and oxygen atoms in total. The number of pyridine rings is 1. The Morgan fingerprint density at radius 3 is 2.64 bits per heavy atom. The SMILES string of the molecule is Cl.c1cnc(Nc2cc3cc(OC4CCNCC4)ccc3cn2)cn1. The first-order valence-electron chi connectivity index (χ1n) is 8.17. The van der Waals surface area contributed by atoms with Crippen LogP contribution in [0.15, 0.2) is 49.1 Å². The van der Waals surface area contributed by atoms with Gasteiger partial charge in [0.05, 0.1) is 6.20 Å². The number of hydrogen-bond donors (Lipinski definition) is 2. The molecule has 1 saturated heterocycles. The van der Waals surface area contributed by atoms with Crippen molar-refractivity contribution in [2.75, 3.05) is 18.4 Å². The van der Waals surface area contributed by atoms with Crippen molar-refractivity contribution in [1.82, 2.24) is 20.3 Å². The highest BCUT2D eigenvalue weighted by Gasteiger charge is 2.14. The molecule has 3 aromatic rings. The topological polar surface area (TPSA) is 72.0 Å². The van der Waals surface area contributed by atoms with Crippen LogP contribution in [0, 0.1) is 0 Å². The van der Waals surface area contributed by atoms with Gasteiger partial charge in [-0.1, -0.05) is 0 Å². The van der Waals surface area contributed by atoms with Gasteiger partial charge in [-0.15, -0.1) is 12.4 Å². The van der Waals surface area contributed by atoms with Crippen LogP contribution in [0.2, 0.25) is 0 Å². The van der Waals surface area contributed by atoms with Gasteiger partial charge in [0, 0.05) is 24.0 Å². The fraction of sp³-hybridized carbons (Fsp3) is 0.278. The van der Waals surface area contributed by atoms with Crippen molar-refractivity contribution in [2.45, 2.75) is 18.9 Å². The molecule has 0 aliphatic carbocycles. The summed E-state index contributed by atoms with van der Waals surface area (Å²) in [5.74, 6) is 2.32. The number of hydrogen-bond acceptors (Lipinski definition) is 6. The fourth-order valence-electron chi connectivity index (χ4n) is 2.86. The second-order valence-electron chi connectivity index (χ2n) is 5.86. The largest absolute Gasteiger partial charge is 0.490 e. The number of piperidine rings is 1. The first-order chi connectivity index (χ1) is 11.9. The summed E-state index contributed by atoms with van der Waals surface area (Å²) < 4.78 is 6.12. The standard InChI is InChI=1S/C18H19N5O.ClH/c1-2-16(24-15-3-5-19-6-4-15)9-14-10-17(22-11-13(1)14)23-18-12-20-7-8-21-18;/h1-2,7-12,15,19H,3-6H2,(H,21,22,23);1H. The zero-order chi connectivity index (χ0) is 16.2. The normalized spacial score (nSPS) is 14.7. The minimum absolute atomic E-state index is 0. The molecule has 25 heavy (non-hydrogen) atoms. The van der Waals surface area contributed by atoms with Gasteiger partial charge in [-0.2, -0.15) is 0 Å². The van der Waals surface area contributed by atoms with E-state index in [4.69, 9.17) is 4.74 Å². The predicted octanol–water partition coefficient (Wildman–Crippen LogP) is 3.32. The van der Waals surface area contributed by atoms with Crippen LogP contribution < -0.4 is 15.4 Å². The van der Waals surface area contributed by atoms with E-state index < -0.39 is 0 Å². The van der Waals surface area contributed by atoms with E-state index in [2.05, 4.69) is 31.7 Å². The lowest BCUT2D eigenvalue weighted by atomic mass is 10.1. The summed E-state index contributed by atoms with van der Waals surface area (Å²) in [6.45, 7) is 2.04. The molecular formula is C18H20ClN5O.